The van der Waals surface area contributed by atoms with Crippen molar-refractivity contribution in [3.05, 3.63) is 65.5 Å². The molecule has 3 aromatic rings. The molecule has 1 amide bonds. The summed E-state index contributed by atoms with van der Waals surface area (Å²) in [6, 6.07) is 20.0. The number of hydrogen-bond acceptors (Lipinski definition) is 4. The number of carbonyl (C=O) groups is 1. The van der Waals surface area contributed by atoms with Crippen molar-refractivity contribution in [1.29, 1.82) is 0 Å². The lowest BCUT2D eigenvalue weighted by Gasteiger charge is -2.36. The Labute approximate surface area is 163 Å². The third kappa shape index (κ3) is 3.66. The Hall–Kier alpha value is -2.50. The minimum Gasteiger partial charge on any atom is -0.375 e. The summed E-state index contributed by atoms with van der Waals surface area (Å²) in [5.41, 5.74) is 2.76. The molecule has 0 radical (unpaired) electrons. The van der Waals surface area contributed by atoms with Crippen LogP contribution in [-0.2, 0) is 4.74 Å². The van der Waals surface area contributed by atoms with E-state index in [4.69, 9.17) is 9.72 Å². The molecular formula is C22H22N2O2S. The highest BCUT2D eigenvalue weighted by Crippen LogP contribution is 2.35. The third-order valence-corrected chi connectivity index (χ3v) is 5.85. The predicted octanol–water partition coefficient (Wildman–Crippen LogP) is 4.73. The van der Waals surface area contributed by atoms with Gasteiger partial charge in [-0.15, -0.1) is 11.3 Å². The number of thiazole rings is 1. The average molecular weight is 378 g/mol. The lowest BCUT2D eigenvalue weighted by Crippen LogP contribution is -2.50. The molecule has 1 aliphatic heterocycles. The first kappa shape index (κ1) is 17.9. The maximum absolute atomic E-state index is 13.4. The second-order valence-electron chi connectivity index (χ2n) is 6.88. The van der Waals surface area contributed by atoms with Crippen molar-refractivity contribution in [3.63, 3.8) is 0 Å². The second-order valence-corrected chi connectivity index (χ2v) is 7.88. The number of carbonyl (C=O) groups excluding carboxylic acids is 1. The second kappa shape index (κ2) is 7.62. The van der Waals surface area contributed by atoms with Crippen molar-refractivity contribution >= 4 is 17.2 Å². The van der Waals surface area contributed by atoms with Crippen LogP contribution in [0.4, 0.5) is 0 Å². The number of morpholine rings is 1. The van der Waals surface area contributed by atoms with Crippen LogP contribution >= 0.6 is 11.3 Å². The van der Waals surface area contributed by atoms with E-state index in [-0.39, 0.29) is 18.1 Å². The van der Waals surface area contributed by atoms with Gasteiger partial charge in [-0.25, -0.2) is 4.98 Å². The number of amides is 1. The molecule has 0 aliphatic carbocycles. The lowest BCUT2D eigenvalue weighted by atomic mass is 10.1. The molecule has 2 atom stereocenters. The Morgan fingerprint density at radius 3 is 2.33 bits per heavy atom. The molecule has 1 aliphatic rings. The lowest BCUT2D eigenvalue weighted by molar-refractivity contribution is -0.0385. The molecule has 2 aromatic carbocycles. The summed E-state index contributed by atoms with van der Waals surface area (Å²) in [4.78, 5) is 20.9. The molecule has 1 saturated heterocycles. The zero-order chi connectivity index (χ0) is 18.8. The fraction of sp³-hybridized carbons (Fsp3) is 0.273. The van der Waals surface area contributed by atoms with Crippen molar-refractivity contribution in [2.75, 3.05) is 13.2 Å². The van der Waals surface area contributed by atoms with Crippen molar-refractivity contribution in [2.45, 2.75) is 26.0 Å². The van der Waals surface area contributed by atoms with E-state index in [2.05, 4.69) is 0 Å². The zero-order valence-corrected chi connectivity index (χ0v) is 16.3. The Morgan fingerprint density at radius 1 is 1.04 bits per heavy atom. The molecule has 5 heteroatoms. The van der Waals surface area contributed by atoms with Crippen LogP contribution in [0.1, 0.15) is 23.5 Å². The van der Waals surface area contributed by atoms with Crippen LogP contribution in [-0.4, -0.2) is 41.1 Å². The van der Waals surface area contributed by atoms with Gasteiger partial charge >= 0.3 is 0 Å². The Balaban J connectivity index is 1.78. The van der Waals surface area contributed by atoms with E-state index in [0.29, 0.717) is 18.0 Å². The summed E-state index contributed by atoms with van der Waals surface area (Å²) in [7, 11) is 0. The van der Waals surface area contributed by atoms with E-state index < -0.39 is 0 Å². The van der Waals surface area contributed by atoms with Crippen molar-refractivity contribution < 1.29 is 9.53 Å². The minimum atomic E-state index is 0.0381. The van der Waals surface area contributed by atoms with Crippen LogP contribution in [0.5, 0.6) is 0 Å². The highest BCUT2D eigenvalue weighted by atomic mass is 32.1. The molecule has 4 nitrogen and oxygen atoms in total. The first-order chi connectivity index (χ1) is 13.1. The van der Waals surface area contributed by atoms with Gasteiger partial charge in [0.1, 0.15) is 9.88 Å². The van der Waals surface area contributed by atoms with Gasteiger partial charge in [0.15, 0.2) is 0 Å². The first-order valence-electron chi connectivity index (χ1n) is 9.17. The van der Waals surface area contributed by atoms with Gasteiger partial charge < -0.3 is 9.64 Å². The summed E-state index contributed by atoms with van der Waals surface area (Å²) < 4.78 is 5.69. The molecule has 2 unspecified atom stereocenters. The first-order valence-corrected chi connectivity index (χ1v) is 9.99. The standard InChI is InChI=1S/C22H22N2O2S/c1-15-14-26-16(2)13-24(15)22(25)20-19(17-9-5-3-6-10-17)23-21(27-20)18-11-7-4-8-12-18/h3-12,15-16H,13-14H2,1-2H3. The van der Waals surface area contributed by atoms with Crippen LogP contribution in [0.15, 0.2) is 60.7 Å². The number of nitrogens with zero attached hydrogens (tertiary/aromatic N) is 2. The Bertz CT molecular complexity index is 924. The molecule has 2 heterocycles. The Kier molecular flexibility index (Phi) is 5.05. The summed E-state index contributed by atoms with van der Waals surface area (Å²) >= 11 is 1.47. The number of benzene rings is 2. The molecule has 0 spiro atoms. The smallest absolute Gasteiger partial charge is 0.266 e. The summed E-state index contributed by atoms with van der Waals surface area (Å²) in [5, 5.41) is 0.867. The van der Waals surface area contributed by atoms with E-state index in [0.717, 1.165) is 21.8 Å². The van der Waals surface area contributed by atoms with E-state index in [9.17, 15) is 4.79 Å². The monoisotopic (exact) mass is 378 g/mol. The van der Waals surface area contributed by atoms with E-state index in [1.807, 2.05) is 79.4 Å². The molecule has 1 aromatic heterocycles. The minimum absolute atomic E-state index is 0.0381. The van der Waals surface area contributed by atoms with Gasteiger partial charge in [0.2, 0.25) is 0 Å². The summed E-state index contributed by atoms with van der Waals surface area (Å²) in [6.45, 7) is 5.21. The topological polar surface area (TPSA) is 42.4 Å². The van der Waals surface area contributed by atoms with Crippen LogP contribution in [0.3, 0.4) is 0 Å². The fourth-order valence-electron chi connectivity index (χ4n) is 3.28. The van der Waals surface area contributed by atoms with Gasteiger partial charge in [0.25, 0.3) is 5.91 Å². The van der Waals surface area contributed by atoms with E-state index >= 15 is 0 Å². The van der Waals surface area contributed by atoms with Gasteiger partial charge in [-0.1, -0.05) is 60.7 Å². The van der Waals surface area contributed by atoms with Gasteiger partial charge in [-0.3, -0.25) is 4.79 Å². The van der Waals surface area contributed by atoms with Gasteiger partial charge in [-0.05, 0) is 13.8 Å². The molecule has 1 fully saturated rings. The Morgan fingerprint density at radius 2 is 1.67 bits per heavy atom. The average Bonchev–Trinajstić information content (AvgIpc) is 3.16. The third-order valence-electron chi connectivity index (χ3n) is 4.76. The van der Waals surface area contributed by atoms with Gasteiger partial charge in [0, 0.05) is 17.7 Å². The van der Waals surface area contributed by atoms with Gasteiger partial charge in [-0.2, -0.15) is 0 Å². The van der Waals surface area contributed by atoms with Crippen molar-refractivity contribution in [3.8, 4) is 21.8 Å². The zero-order valence-electron chi connectivity index (χ0n) is 15.5. The SMILES string of the molecule is CC1CN(C(=O)c2sc(-c3ccccc3)nc2-c2ccccc2)C(C)CO1. The largest absolute Gasteiger partial charge is 0.375 e. The number of hydrogen-bond donors (Lipinski definition) is 0. The summed E-state index contributed by atoms with van der Waals surface area (Å²) in [5.74, 6) is 0.0381. The fourth-order valence-corrected chi connectivity index (χ4v) is 4.33. The normalized spacial score (nSPS) is 19.9. The number of rotatable bonds is 3. The number of aromatic nitrogens is 1. The molecule has 0 N–H and O–H groups in total. The molecular weight excluding hydrogens is 356 g/mol. The van der Waals surface area contributed by atoms with Crippen molar-refractivity contribution in [2.24, 2.45) is 0 Å². The molecule has 0 bridgehead atoms. The number of ether oxygens (including phenoxy) is 1. The maximum Gasteiger partial charge on any atom is 0.266 e. The molecule has 138 valence electrons. The highest BCUT2D eigenvalue weighted by Gasteiger charge is 2.31. The van der Waals surface area contributed by atoms with Crippen LogP contribution in [0.2, 0.25) is 0 Å². The van der Waals surface area contributed by atoms with Crippen LogP contribution < -0.4 is 0 Å². The molecule has 27 heavy (non-hydrogen) atoms. The van der Waals surface area contributed by atoms with Gasteiger partial charge in [0.05, 0.1) is 24.4 Å². The highest BCUT2D eigenvalue weighted by molar-refractivity contribution is 7.17. The quantitative estimate of drug-likeness (QED) is 0.662. The van der Waals surface area contributed by atoms with Crippen LogP contribution in [0, 0.1) is 0 Å². The van der Waals surface area contributed by atoms with Crippen molar-refractivity contribution in [1.82, 2.24) is 9.88 Å². The van der Waals surface area contributed by atoms with E-state index in [1.165, 1.54) is 11.3 Å². The predicted molar refractivity (Wildman–Crippen MR) is 109 cm³/mol. The maximum atomic E-state index is 13.4. The summed E-state index contributed by atoms with van der Waals surface area (Å²) in [6.07, 6.45) is 0.0480. The molecule has 0 saturated carbocycles. The molecule has 4 rings (SSSR count). The van der Waals surface area contributed by atoms with E-state index in [1.54, 1.807) is 0 Å². The van der Waals surface area contributed by atoms with Crippen LogP contribution in [0.25, 0.3) is 21.8 Å².